The van der Waals surface area contributed by atoms with Gasteiger partial charge in [0.15, 0.2) is 0 Å². The zero-order chi connectivity index (χ0) is 18.9. The summed E-state index contributed by atoms with van der Waals surface area (Å²) in [4.78, 5) is 13.2. The molecule has 0 atom stereocenters. The molecular weight excluding hydrogens is 378 g/mol. The summed E-state index contributed by atoms with van der Waals surface area (Å²) < 4.78 is 0. The highest BCUT2D eigenvalue weighted by atomic mass is 35.5. The van der Waals surface area contributed by atoms with Gasteiger partial charge < -0.3 is 5.32 Å². The number of azo groups is 1. The topological polar surface area (TPSA) is 53.8 Å². The van der Waals surface area contributed by atoms with Gasteiger partial charge in [-0.05, 0) is 60.7 Å². The minimum atomic E-state index is -0.0184. The number of carbonyl (C=O) groups excluding carboxylic acids is 1. The van der Waals surface area contributed by atoms with Gasteiger partial charge in [-0.2, -0.15) is 10.2 Å². The first-order valence-corrected chi connectivity index (χ1v) is 9.80. The van der Waals surface area contributed by atoms with Crippen molar-refractivity contribution in [2.24, 2.45) is 10.2 Å². The zero-order valence-corrected chi connectivity index (χ0v) is 16.1. The Kier molecular flexibility index (Phi) is 7.02. The van der Waals surface area contributed by atoms with E-state index in [1.54, 1.807) is 11.8 Å². The Hall–Kier alpha value is -2.63. The van der Waals surface area contributed by atoms with Crippen LogP contribution in [-0.4, -0.2) is 11.7 Å². The van der Waals surface area contributed by atoms with E-state index in [1.165, 1.54) is 0 Å². The maximum absolute atomic E-state index is 12.1. The molecule has 0 aliphatic carbocycles. The second kappa shape index (κ2) is 9.90. The van der Waals surface area contributed by atoms with E-state index in [0.717, 1.165) is 22.0 Å². The van der Waals surface area contributed by atoms with E-state index in [4.69, 9.17) is 11.6 Å². The van der Waals surface area contributed by atoms with Crippen molar-refractivity contribution in [3.63, 3.8) is 0 Å². The average molecular weight is 396 g/mol. The van der Waals surface area contributed by atoms with E-state index >= 15 is 0 Å². The SMILES string of the molecule is O=C(CCSc1ccc(Cl)cc1)Nc1ccc(N=Nc2ccccc2)cc1. The Balaban J connectivity index is 1.45. The molecule has 27 heavy (non-hydrogen) atoms. The van der Waals surface area contributed by atoms with Crippen LogP contribution in [0.1, 0.15) is 6.42 Å². The molecule has 0 aliphatic rings. The van der Waals surface area contributed by atoms with Gasteiger partial charge in [-0.25, -0.2) is 0 Å². The molecule has 0 radical (unpaired) electrons. The molecule has 4 nitrogen and oxygen atoms in total. The summed E-state index contributed by atoms with van der Waals surface area (Å²) in [5.74, 6) is 0.687. The molecular formula is C21H18ClN3OS. The third-order valence-corrected chi connectivity index (χ3v) is 4.87. The number of rotatable bonds is 7. The molecule has 0 fully saturated rings. The monoisotopic (exact) mass is 395 g/mol. The molecule has 6 heteroatoms. The molecule has 136 valence electrons. The van der Waals surface area contributed by atoms with Gasteiger partial charge in [-0.3, -0.25) is 4.79 Å². The second-order valence-electron chi connectivity index (χ2n) is 5.68. The van der Waals surface area contributed by atoms with Crippen LogP contribution in [0, 0.1) is 0 Å². The van der Waals surface area contributed by atoms with Crippen LogP contribution in [0.2, 0.25) is 5.02 Å². The number of halogens is 1. The maximum atomic E-state index is 12.1. The predicted octanol–water partition coefficient (Wildman–Crippen LogP) is 6.88. The molecule has 1 amide bonds. The summed E-state index contributed by atoms with van der Waals surface area (Å²) in [6.45, 7) is 0. The minimum Gasteiger partial charge on any atom is -0.326 e. The van der Waals surface area contributed by atoms with Crippen LogP contribution in [0.25, 0.3) is 0 Å². The van der Waals surface area contributed by atoms with Crippen molar-refractivity contribution in [2.45, 2.75) is 11.3 Å². The Morgan fingerprint density at radius 2 is 1.48 bits per heavy atom. The Morgan fingerprint density at radius 1 is 0.852 bits per heavy atom. The van der Waals surface area contributed by atoms with Crippen molar-refractivity contribution in [3.8, 4) is 0 Å². The van der Waals surface area contributed by atoms with Crippen LogP contribution < -0.4 is 5.32 Å². The van der Waals surface area contributed by atoms with Gasteiger partial charge in [-0.15, -0.1) is 11.8 Å². The number of anilines is 1. The Morgan fingerprint density at radius 3 is 2.15 bits per heavy atom. The number of benzene rings is 3. The number of hydrogen-bond acceptors (Lipinski definition) is 4. The van der Waals surface area contributed by atoms with Crippen LogP contribution in [0.4, 0.5) is 17.1 Å². The van der Waals surface area contributed by atoms with Crippen LogP contribution in [0.15, 0.2) is 94.0 Å². The minimum absolute atomic E-state index is 0.0184. The van der Waals surface area contributed by atoms with Gasteiger partial charge in [0.2, 0.25) is 5.91 Å². The third-order valence-electron chi connectivity index (χ3n) is 3.60. The van der Waals surface area contributed by atoms with Gasteiger partial charge in [0.05, 0.1) is 11.4 Å². The lowest BCUT2D eigenvalue weighted by Gasteiger charge is -2.05. The van der Waals surface area contributed by atoms with Gasteiger partial charge >= 0.3 is 0 Å². The fourth-order valence-electron chi connectivity index (χ4n) is 2.24. The molecule has 1 N–H and O–H groups in total. The quantitative estimate of drug-likeness (QED) is 0.350. The summed E-state index contributed by atoms with van der Waals surface area (Å²) in [5, 5.41) is 12.0. The molecule has 0 heterocycles. The standard InChI is InChI=1S/C21H18ClN3OS/c22-16-6-12-20(13-7-16)27-15-14-21(26)23-17-8-10-19(11-9-17)25-24-18-4-2-1-3-5-18/h1-13H,14-15H2,(H,23,26). The van der Waals surface area contributed by atoms with Gasteiger partial charge in [0.1, 0.15) is 0 Å². The molecule has 0 bridgehead atoms. The van der Waals surface area contributed by atoms with Gasteiger partial charge in [0, 0.05) is 27.8 Å². The summed E-state index contributed by atoms with van der Waals surface area (Å²) >= 11 is 7.49. The smallest absolute Gasteiger partial charge is 0.225 e. The van der Waals surface area contributed by atoms with Crippen molar-refractivity contribution < 1.29 is 4.79 Å². The molecule has 3 aromatic rings. The molecule has 3 rings (SSSR count). The van der Waals surface area contributed by atoms with Gasteiger partial charge in [0.25, 0.3) is 0 Å². The van der Waals surface area contributed by atoms with Crippen molar-refractivity contribution in [2.75, 3.05) is 11.1 Å². The third kappa shape index (κ3) is 6.55. The first kappa shape index (κ1) is 19.1. The first-order valence-electron chi connectivity index (χ1n) is 8.44. The van der Waals surface area contributed by atoms with Crippen molar-refractivity contribution in [3.05, 3.63) is 83.9 Å². The summed E-state index contributed by atoms with van der Waals surface area (Å²) in [7, 11) is 0. The van der Waals surface area contributed by atoms with Crippen molar-refractivity contribution in [1.82, 2.24) is 0 Å². The lowest BCUT2D eigenvalue weighted by Crippen LogP contribution is -2.11. The highest BCUT2D eigenvalue weighted by molar-refractivity contribution is 7.99. The molecule has 0 unspecified atom stereocenters. The largest absolute Gasteiger partial charge is 0.326 e. The maximum Gasteiger partial charge on any atom is 0.225 e. The summed E-state index contributed by atoms with van der Waals surface area (Å²) in [6.07, 6.45) is 0.433. The predicted molar refractivity (Wildman–Crippen MR) is 112 cm³/mol. The van der Waals surface area contributed by atoms with Crippen LogP contribution in [0.3, 0.4) is 0 Å². The normalized spacial score (nSPS) is 10.9. The van der Waals surface area contributed by atoms with E-state index in [-0.39, 0.29) is 5.91 Å². The highest BCUT2D eigenvalue weighted by Gasteiger charge is 2.03. The lowest BCUT2D eigenvalue weighted by atomic mass is 10.3. The molecule has 0 aliphatic heterocycles. The van der Waals surface area contributed by atoms with E-state index in [1.807, 2.05) is 78.9 Å². The lowest BCUT2D eigenvalue weighted by molar-refractivity contribution is -0.115. The fraction of sp³-hybridized carbons (Fsp3) is 0.0952. The fourth-order valence-corrected chi connectivity index (χ4v) is 3.22. The van der Waals surface area contributed by atoms with Crippen LogP contribution >= 0.6 is 23.4 Å². The molecule has 0 saturated heterocycles. The number of nitrogens with zero attached hydrogens (tertiary/aromatic N) is 2. The number of hydrogen-bond donors (Lipinski definition) is 1. The van der Waals surface area contributed by atoms with Gasteiger partial charge in [-0.1, -0.05) is 29.8 Å². The molecule has 3 aromatic carbocycles. The van der Waals surface area contributed by atoms with E-state index in [9.17, 15) is 4.79 Å². The highest BCUT2D eigenvalue weighted by Crippen LogP contribution is 2.22. The molecule has 0 saturated carbocycles. The number of carbonyl (C=O) groups is 1. The van der Waals surface area contributed by atoms with Crippen LogP contribution in [0.5, 0.6) is 0 Å². The van der Waals surface area contributed by atoms with E-state index < -0.39 is 0 Å². The number of nitrogens with one attached hydrogen (secondary N) is 1. The second-order valence-corrected chi connectivity index (χ2v) is 7.29. The number of amides is 1. The zero-order valence-electron chi connectivity index (χ0n) is 14.5. The Labute approximate surface area is 167 Å². The average Bonchev–Trinajstić information content (AvgIpc) is 2.70. The summed E-state index contributed by atoms with van der Waals surface area (Å²) in [5.41, 5.74) is 2.28. The van der Waals surface area contributed by atoms with Crippen molar-refractivity contribution >= 4 is 46.3 Å². The summed E-state index contributed by atoms with van der Waals surface area (Å²) in [6, 6.07) is 24.4. The number of thioether (sulfide) groups is 1. The van der Waals surface area contributed by atoms with Crippen molar-refractivity contribution in [1.29, 1.82) is 0 Å². The molecule has 0 aromatic heterocycles. The van der Waals surface area contributed by atoms with E-state index in [0.29, 0.717) is 17.2 Å². The van der Waals surface area contributed by atoms with E-state index in [2.05, 4.69) is 15.5 Å². The Bertz CT molecular complexity index is 897. The molecule has 0 spiro atoms. The first-order chi connectivity index (χ1) is 13.2. The van der Waals surface area contributed by atoms with Crippen LogP contribution in [-0.2, 0) is 4.79 Å².